The molecule has 1 saturated carbocycles. The lowest BCUT2D eigenvalue weighted by molar-refractivity contribution is -0.156. The molecular formula is C27H30FN3O2. The molecule has 2 heterocycles. The molecule has 0 radical (unpaired) electrons. The number of hydrogen-bond donors (Lipinski definition) is 0. The standard InChI is InChI=1S/C27H30FN3O2/c1-18-16-30(17-29-18)24-10-7-21(13-25(24)33-3)22-14-27(15-22)11-4-12-31(26(27)32)19(2)20-5-8-23(28)9-6-20/h5-10,13,16-17,19,22H,4,11-12,14-15H2,1-3H3. The second kappa shape index (κ2) is 8.32. The zero-order valence-corrected chi connectivity index (χ0v) is 19.4. The molecule has 6 heteroatoms. The number of aryl methyl sites for hydroxylation is 1. The number of hydrogen-bond acceptors (Lipinski definition) is 3. The molecule has 2 aliphatic rings. The number of rotatable bonds is 5. The lowest BCUT2D eigenvalue weighted by Crippen LogP contribution is -2.54. The smallest absolute Gasteiger partial charge is 0.229 e. The third-order valence-electron chi connectivity index (χ3n) is 7.53. The van der Waals surface area contributed by atoms with Crippen molar-refractivity contribution < 1.29 is 13.9 Å². The SMILES string of the molecule is COc1cc(C2CC3(CCCN(C(C)c4ccc(F)cc4)C3=O)C2)ccc1-n1cnc(C)c1. The van der Waals surface area contributed by atoms with E-state index < -0.39 is 0 Å². The summed E-state index contributed by atoms with van der Waals surface area (Å²) in [5.41, 5.74) is 3.84. The van der Waals surface area contributed by atoms with Crippen LogP contribution in [0.1, 0.15) is 61.4 Å². The Morgan fingerprint density at radius 2 is 1.94 bits per heavy atom. The van der Waals surface area contributed by atoms with Crippen molar-refractivity contribution in [2.24, 2.45) is 5.41 Å². The van der Waals surface area contributed by atoms with E-state index in [1.165, 1.54) is 17.7 Å². The Hall–Kier alpha value is -3.15. The molecule has 1 aromatic heterocycles. The molecule has 1 aliphatic carbocycles. The lowest BCUT2D eigenvalue weighted by atomic mass is 9.56. The van der Waals surface area contributed by atoms with Crippen LogP contribution in [0.2, 0.25) is 0 Å². The van der Waals surface area contributed by atoms with Crippen molar-refractivity contribution >= 4 is 5.91 Å². The van der Waals surface area contributed by atoms with Crippen LogP contribution < -0.4 is 4.74 Å². The molecule has 1 unspecified atom stereocenters. The summed E-state index contributed by atoms with van der Waals surface area (Å²) in [6, 6.07) is 12.8. The molecule has 5 rings (SSSR count). The van der Waals surface area contributed by atoms with Crippen LogP contribution in [-0.2, 0) is 4.79 Å². The van der Waals surface area contributed by atoms with Crippen LogP contribution in [-0.4, -0.2) is 34.0 Å². The van der Waals surface area contributed by atoms with Crippen LogP contribution in [0.15, 0.2) is 55.0 Å². The molecule has 2 fully saturated rings. The number of amides is 1. The maximum absolute atomic E-state index is 13.6. The third kappa shape index (κ3) is 3.81. The van der Waals surface area contributed by atoms with E-state index >= 15 is 0 Å². The van der Waals surface area contributed by atoms with Gasteiger partial charge in [-0.2, -0.15) is 0 Å². The molecule has 0 bridgehead atoms. The molecule has 172 valence electrons. The van der Waals surface area contributed by atoms with Gasteiger partial charge in [-0.05, 0) is 80.8 Å². The van der Waals surface area contributed by atoms with E-state index in [1.54, 1.807) is 25.6 Å². The van der Waals surface area contributed by atoms with Crippen LogP contribution in [0, 0.1) is 18.2 Å². The highest BCUT2D eigenvalue weighted by Crippen LogP contribution is 2.57. The number of aromatic nitrogens is 2. The van der Waals surface area contributed by atoms with Crippen molar-refractivity contribution in [3.05, 3.63) is 77.6 Å². The molecule has 5 nitrogen and oxygen atoms in total. The van der Waals surface area contributed by atoms with Crippen molar-refractivity contribution in [3.63, 3.8) is 0 Å². The molecule has 1 atom stereocenters. The average Bonchev–Trinajstić information content (AvgIpc) is 3.23. The van der Waals surface area contributed by atoms with Gasteiger partial charge in [-0.25, -0.2) is 9.37 Å². The minimum Gasteiger partial charge on any atom is -0.495 e. The number of benzene rings is 2. The molecule has 2 aromatic carbocycles. The Bertz CT molecular complexity index is 1160. The van der Waals surface area contributed by atoms with Crippen LogP contribution in [0.3, 0.4) is 0 Å². The van der Waals surface area contributed by atoms with Crippen LogP contribution in [0.5, 0.6) is 5.75 Å². The first kappa shape index (κ1) is 21.7. The fourth-order valence-corrected chi connectivity index (χ4v) is 5.60. The number of likely N-dealkylation sites (tertiary alicyclic amines) is 1. The summed E-state index contributed by atoms with van der Waals surface area (Å²) >= 11 is 0. The van der Waals surface area contributed by atoms with Crippen molar-refractivity contribution in [2.75, 3.05) is 13.7 Å². The first-order chi connectivity index (χ1) is 15.9. The number of halogens is 1. The summed E-state index contributed by atoms with van der Waals surface area (Å²) in [5, 5.41) is 0. The third-order valence-corrected chi connectivity index (χ3v) is 7.53. The number of piperidine rings is 1. The van der Waals surface area contributed by atoms with Crippen molar-refractivity contribution in [1.82, 2.24) is 14.5 Å². The number of carbonyl (C=O) groups excluding carboxylic acids is 1. The summed E-state index contributed by atoms with van der Waals surface area (Å²) in [5.74, 6) is 1.16. The first-order valence-electron chi connectivity index (χ1n) is 11.7. The summed E-state index contributed by atoms with van der Waals surface area (Å²) < 4.78 is 21.0. The van der Waals surface area contributed by atoms with Gasteiger partial charge in [-0.3, -0.25) is 4.79 Å². The van der Waals surface area contributed by atoms with Gasteiger partial charge < -0.3 is 14.2 Å². The van der Waals surface area contributed by atoms with Gasteiger partial charge in [0.1, 0.15) is 11.6 Å². The Kier molecular flexibility index (Phi) is 5.47. The predicted octanol–water partition coefficient (Wildman–Crippen LogP) is 5.58. The van der Waals surface area contributed by atoms with Gasteiger partial charge in [0.05, 0.1) is 36.3 Å². The number of nitrogens with zero attached hydrogens (tertiary/aromatic N) is 3. The Labute approximate surface area is 194 Å². The van der Waals surface area contributed by atoms with E-state index in [2.05, 4.69) is 23.2 Å². The summed E-state index contributed by atoms with van der Waals surface area (Å²) in [7, 11) is 1.69. The fraction of sp³-hybridized carbons (Fsp3) is 0.407. The molecule has 3 aromatic rings. The molecule has 0 N–H and O–H groups in total. The van der Waals surface area contributed by atoms with Crippen molar-refractivity contribution in [2.45, 2.75) is 51.5 Å². The Morgan fingerprint density at radius 1 is 1.18 bits per heavy atom. The van der Waals surface area contributed by atoms with Gasteiger partial charge in [-0.15, -0.1) is 0 Å². The molecule has 1 saturated heterocycles. The van der Waals surface area contributed by atoms with Gasteiger partial charge >= 0.3 is 0 Å². The molecule has 1 aliphatic heterocycles. The van der Waals surface area contributed by atoms with Gasteiger partial charge in [-0.1, -0.05) is 18.2 Å². The normalized spacial score (nSPS) is 23.5. The minimum absolute atomic E-state index is 0.0488. The zero-order valence-electron chi connectivity index (χ0n) is 19.4. The van der Waals surface area contributed by atoms with E-state index in [-0.39, 0.29) is 23.2 Å². The summed E-state index contributed by atoms with van der Waals surface area (Å²) in [4.78, 5) is 19.9. The summed E-state index contributed by atoms with van der Waals surface area (Å²) in [6.07, 6.45) is 7.46. The topological polar surface area (TPSA) is 47.4 Å². The quantitative estimate of drug-likeness (QED) is 0.513. The number of carbonyl (C=O) groups is 1. The fourth-order valence-electron chi connectivity index (χ4n) is 5.60. The van der Waals surface area contributed by atoms with E-state index in [1.807, 2.05) is 29.5 Å². The highest BCUT2D eigenvalue weighted by molar-refractivity contribution is 5.85. The highest BCUT2D eigenvalue weighted by atomic mass is 19.1. The number of ether oxygens (including phenoxy) is 1. The van der Waals surface area contributed by atoms with Crippen molar-refractivity contribution in [1.29, 1.82) is 0 Å². The highest BCUT2D eigenvalue weighted by Gasteiger charge is 2.53. The first-order valence-corrected chi connectivity index (χ1v) is 11.7. The van der Waals surface area contributed by atoms with E-state index in [0.29, 0.717) is 5.92 Å². The van der Waals surface area contributed by atoms with Gasteiger partial charge in [0, 0.05) is 12.7 Å². The second-order valence-corrected chi connectivity index (χ2v) is 9.57. The van der Waals surface area contributed by atoms with E-state index in [4.69, 9.17) is 4.74 Å². The maximum Gasteiger partial charge on any atom is 0.229 e. The minimum atomic E-state index is -0.273. The predicted molar refractivity (Wildman–Crippen MR) is 125 cm³/mol. The van der Waals surface area contributed by atoms with Crippen LogP contribution in [0.4, 0.5) is 4.39 Å². The van der Waals surface area contributed by atoms with Crippen molar-refractivity contribution in [3.8, 4) is 11.4 Å². The number of imidazole rings is 1. The van der Waals surface area contributed by atoms with Crippen LogP contribution in [0.25, 0.3) is 5.69 Å². The molecule has 1 amide bonds. The van der Waals surface area contributed by atoms with E-state index in [9.17, 15) is 9.18 Å². The summed E-state index contributed by atoms with van der Waals surface area (Å²) in [6.45, 7) is 4.77. The Balaban J connectivity index is 1.32. The molecule has 1 spiro atoms. The van der Waals surface area contributed by atoms with E-state index in [0.717, 1.165) is 54.9 Å². The largest absolute Gasteiger partial charge is 0.495 e. The Morgan fingerprint density at radius 3 is 2.61 bits per heavy atom. The lowest BCUT2D eigenvalue weighted by Gasteiger charge is -2.53. The second-order valence-electron chi connectivity index (χ2n) is 9.57. The molecular weight excluding hydrogens is 417 g/mol. The monoisotopic (exact) mass is 447 g/mol. The zero-order chi connectivity index (χ0) is 23.2. The van der Waals surface area contributed by atoms with Gasteiger partial charge in [0.2, 0.25) is 5.91 Å². The number of methoxy groups -OCH3 is 1. The average molecular weight is 448 g/mol. The van der Waals surface area contributed by atoms with Gasteiger partial charge in [0.25, 0.3) is 0 Å². The van der Waals surface area contributed by atoms with Gasteiger partial charge in [0.15, 0.2) is 0 Å². The maximum atomic E-state index is 13.6. The molecule has 33 heavy (non-hydrogen) atoms. The van der Waals surface area contributed by atoms with Crippen LogP contribution >= 0.6 is 0 Å².